The zero-order valence-electron chi connectivity index (χ0n) is 9.16. The van der Waals surface area contributed by atoms with Crippen LogP contribution in [0, 0.1) is 12.3 Å². The predicted octanol–water partition coefficient (Wildman–Crippen LogP) is 1.16. The Bertz CT molecular complexity index is 366. The van der Waals surface area contributed by atoms with E-state index in [4.69, 9.17) is 6.42 Å². The van der Waals surface area contributed by atoms with Gasteiger partial charge in [0.15, 0.2) is 0 Å². The summed E-state index contributed by atoms with van der Waals surface area (Å²) >= 11 is 0. The van der Waals surface area contributed by atoms with Crippen molar-refractivity contribution in [1.82, 2.24) is 14.9 Å². The highest BCUT2D eigenvalue weighted by Gasteiger charge is 2.31. The quantitative estimate of drug-likeness (QED) is 0.731. The van der Waals surface area contributed by atoms with Crippen molar-refractivity contribution in [2.45, 2.75) is 31.7 Å². The Labute approximate surface area is 90.9 Å². The van der Waals surface area contributed by atoms with Gasteiger partial charge in [-0.25, -0.2) is 4.98 Å². The average molecular weight is 203 g/mol. The van der Waals surface area contributed by atoms with Gasteiger partial charge in [-0.05, 0) is 25.9 Å². The Hall–Kier alpha value is -1.27. The largest absolute Gasteiger partial charge is 0.322 e. The Morgan fingerprint density at radius 1 is 1.60 bits per heavy atom. The molecule has 2 rings (SSSR count). The topological polar surface area (TPSA) is 29.9 Å². The molecule has 0 saturated carbocycles. The van der Waals surface area contributed by atoms with E-state index in [1.54, 1.807) is 0 Å². The smallest absolute Gasteiger partial charge is 0.0956 e. The maximum atomic E-state index is 5.35. The normalized spacial score (nSPS) is 19.7. The van der Waals surface area contributed by atoms with Gasteiger partial charge in [0.2, 0.25) is 0 Å². The number of aromatic nitrogens is 2. The van der Waals surface area contributed by atoms with Gasteiger partial charge in [0.1, 0.15) is 0 Å². The second-order valence-corrected chi connectivity index (χ2v) is 4.42. The number of rotatable bonds is 2. The summed E-state index contributed by atoms with van der Waals surface area (Å²) < 4.78 is 2.09. The van der Waals surface area contributed by atoms with Gasteiger partial charge in [0.25, 0.3) is 0 Å². The fourth-order valence-corrected chi connectivity index (χ4v) is 2.28. The SMILES string of the molecule is C#CCn1cncc1C1(C)CCNCC1. The minimum atomic E-state index is 0.235. The number of terminal acetylenes is 1. The molecule has 1 aliphatic heterocycles. The number of nitrogens with zero attached hydrogens (tertiary/aromatic N) is 2. The molecule has 1 saturated heterocycles. The molecule has 0 amide bonds. The number of piperidine rings is 1. The molecule has 80 valence electrons. The van der Waals surface area contributed by atoms with Crippen molar-refractivity contribution in [2.75, 3.05) is 13.1 Å². The lowest BCUT2D eigenvalue weighted by molar-refractivity contribution is 0.319. The van der Waals surface area contributed by atoms with E-state index in [0.29, 0.717) is 6.54 Å². The fourth-order valence-electron chi connectivity index (χ4n) is 2.28. The summed E-state index contributed by atoms with van der Waals surface area (Å²) in [5.41, 5.74) is 1.51. The van der Waals surface area contributed by atoms with Crippen molar-refractivity contribution < 1.29 is 0 Å². The van der Waals surface area contributed by atoms with Gasteiger partial charge in [-0.15, -0.1) is 6.42 Å². The third kappa shape index (κ3) is 1.91. The molecule has 1 aromatic rings. The van der Waals surface area contributed by atoms with Crippen LogP contribution < -0.4 is 5.32 Å². The minimum absolute atomic E-state index is 0.235. The molecule has 1 N–H and O–H groups in total. The highest BCUT2D eigenvalue weighted by Crippen LogP contribution is 2.32. The molecule has 2 heterocycles. The molecular weight excluding hydrogens is 186 g/mol. The molecule has 0 aromatic carbocycles. The van der Waals surface area contributed by atoms with E-state index in [0.717, 1.165) is 25.9 Å². The monoisotopic (exact) mass is 203 g/mol. The summed E-state index contributed by atoms with van der Waals surface area (Å²) in [6.07, 6.45) is 11.5. The van der Waals surface area contributed by atoms with Gasteiger partial charge in [-0.3, -0.25) is 0 Å². The van der Waals surface area contributed by atoms with Gasteiger partial charge in [0, 0.05) is 17.3 Å². The summed E-state index contributed by atoms with van der Waals surface area (Å²) in [5.74, 6) is 2.67. The molecule has 1 aliphatic rings. The first-order valence-corrected chi connectivity index (χ1v) is 5.41. The van der Waals surface area contributed by atoms with E-state index < -0.39 is 0 Å². The first-order chi connectivity index (χ1) is 7.26. The molecule has 1 fully saturated rings. The van der Waals surface area contributed by atoms with E-state index in [1.165, 1.54) is 5.69 Å². The highest BCUT2D eigenvalue weighted by atomic mass is 15.1. The molecule has 0 bridgehead atoms. The van der Waals surface area contributed by atoms with E-state index in [-0.39, 0.29) is 5.41 Å². The third-order valence-corrected chi connectivity index (χ3v) is 3.30. The van der Waals surface area contributed by atoms with Crippen LogP contribution >= 0.6 is 0 Å². The number of hydrogen-bond acceptors (Lipinski definition) is 2. The second kappa shape index (κ2) is 4.08. The summed E-state index contributed by atoms with van der Waals surface area (Å²) in [4.78, 5) is 4.21. The zero-order chi connectivity index (χ0) is 10.7. The first kappa shape index (κ1) is 10.3. The number of hydrogen-bond donors (Lipinski definition) is 1. The van der Waals surface area contributed by atoms with Crippen LogP contribution in [0.1, 0.15) is 25.5 Å². The lowest BCUT2D eigenvalue weighted by Gasteiger charge is -2.34. The van der Waals surface area contributed by atoms with Crippen LogP contribution in [0.2, 0.25) is 0 Å². The van der Waals surface area contributed by atoms with Crippen molar-refractivity contribution in [3.05, 3.63) is 18.2 Å². The van der Waals surface area contributed by atoms with Crippen LogP contribution in [0.25, 0.3) is 0 Å². The Balaban J connectivity index is 2.27. The summed E-state index contributed by atoms with van der Waals surface area (Å²) in [5, 5.41) is 3.38. The summed E-state index contributed by atoms with van der Waals surface area (Å²) in [6.45, 7) is 5.09. The lowest BCUT2D eigenvalue weighted by atomic mass is 9.78. The lowest BCUT2D eigenvalue weighted by Crippen LogP contribution is -2.38. The maximum absolute atomic E-state index is 5.35. The summed E-state index contributed by atoms with van der Waals surface area (Å²) in [7, 11) is 0. The van der Waals surface area contributed by atoms with Gasteiger partial charge >= 0.3 is 0 Å². The van der Waals surface area contributed by atoms with Crippen molar-refractivity contribution in [1.29, 1.82) is 0 Å². The molecule has 0 radical (unpaired) electrons. The van der Waals surface area contributed by atoms with Crippen molar-refractivity contribution in [3.8, 4) is 12.3 Å². The molecule has 0 unspecified atom stereocenters. The van der Waals surface area contributed by atoms with Crippen LogP contribution in [0.3, 0.4) is 0 Å². The van der Waals surface area contributed by atoms with E-state index in [2.05, 4.69) is 27.7 Å². The van der Waals surface area contributed by atoms with Crippen LogP contribution in [0.15, 0.2) is 12.5 Å². The van der Waals surface area contributed by atoms with Crippen LogP contribution in [0.4, 0.5) is 0 Å². The molecule has 0 aliphatic carbocycles. The minimum Gasteiger partial charge on any atom is -0.322 e. The Morgan fingerprint density at radius 3 is 3.00 bits per heavy atom. The second-order valence-electron chi connectivity index (χ2n) is 4.42. The van der Waals surface area contributed by atoms with Crippen LogP contribution in [-0.4, -0.2) is 22.6 Å². The fraction of sp³-hybridized carbons (Fsp3) is 0.583. The van der Waals surface area contributed by atoms with Gasteiger partial charge in [-0.1, -0.05) is 12.8 Å². The van der Waals surface area contributed by atoms with E-state index in [9.17, 15) is 0 Å². The van der Waals surface area contributed by atoms with Crippen LogP contribution in [-0.2, 0) is 12.0 Å². The van der Waals surface area contributed by atoms with Gasteiger partial charge in [-0.2, -0.15) is 0 Å². The Morgan fingerprint density at radius 2 is 2.33 bits per heavy atom. The molecule has 3 nitrogen and oxygen atoms in total. The zero-order valence-corrected chi connectivity index (χ0v) is 9.16. The molecule has 0 spiro atoms. The van der Waals surface area contributed by atoms with Gasteiger partial charge in [0.05, 0.1) is 12.9 Å². The predicted molar refractivity (Wildman–Crippen MR) is 60.5 cm³/mol. The molecule has 3 heteroatoms. The molecule has 1 aromatic heterocycles. The molecule has 0 atom stereocenters. The van der Waals surface area contributed by atoms with E-state index in [1.807, 2.05) is 12.5 Å². The van der Waals surface area contributed by atoms with Crippen molar-refractivity contribution in [3.63, 3.8) is 0 Å². The van der Waals surface area contributed by atoms with Crippen molar-refractivity contribution >= 4 is 0 Å². The molecule has 15 heavy (non-hydrogen) atoms. The number of nitrogens with one attached hydrogen (secondary N) is 1. The average Bonchev–Trinajstić information content (AvgIpc) is 2.68. The Kier molecular flexibility index (Phi) is 2.79. The van der Waals surface area contributed by atoms with E-state index >= 15 is 0 Å². The summed E-state index contributed by atoms with van der Waals surface area (Å²) in [6, 6.07) is 0. The number of imidazole rings is 1. The first-order valence-electron chi connectivity index (χ1n) is 5.41. The van der Waals surface area contributed by atoms with Gasteiger partial charge < -0.3 is 9.88 Å². The maximum Gasteiger partial charge on any atom is 0.0956 e. The third-order valence-electron chi connectivity index (χ3n) is 3.30. The molecular formula is C12H17N3. The van der Waals surface area contributed by atoms with Crippen LogP contribution in [0.5, 0.6) is 0 Å². The standard InChI is InChI=1S/C12H17N3/c1-3-8-15-10-14-9-11(15)12(2)4-6-13-7-5-12/h1,9-10,13H,4-8H2,2H3. The van der Waals surface area contributed by atoms with Crippen molar-refractivity contribution in [2.24, 2.45) is 0 Å². The highest BCUT2D eigenvalue weighted by molar-refractivity contribution is 5.16.